The van der Waals surface area contributed by atoms with Crippen molar-refractivity contribution in [1.82, 2.24) is 0 Å². The van der Waals surface area contributed by atoms with E-state index >= 15 is 0 Å². The van der Waals surface area contributed by atoms with Gasteiger partial charge in [-0.1, -0.05) is 17.7 Å². The van der Waals surface area contributed by atoms with Crippen LogP contribution in [0.25, 0.3) is 0 Å². The Morgan fingerprint density at radius 2 is 2.05 bits per heavy atom. The van der Waals surface area contributed by atoms with E-state index in [0.29, 0.717) is 27.3 Å². The number of carbonyl (C=O) groups excluding carboxylic acids is 1. The van der Waals surface area contributed by atoms with Gasteiger partial charge in [0.05, 0.1) is 5.56 Å². The molecule has 2 aromatic rings. The van der Waals surface area contributed by atoms with Crippen LogP contribution in [0.3, 0.4) is 0 Å². The topological polar surface area (TPSA) is 40.5 Å². The van der Waals surface area contributed by atoms with Crippen LogP contribution >= 0.6 is 27.5 Å². The summed E-state index contributed by atoms with van der Waals surface area (Å²) >= 11 is 9.24. The smallest absolute Gasteiger partial charge is 0.259 e. The molecular formula is C15H13BrClNO2. The van der Waals surface area contributed by atoms with E-state index in [-0.39, 0.29) is 11.7 Å². The van der Waals surface area contributed by atoms with Crippen molar-refractivity contribution < 1.29 is 9.90 Å². The molecule has 0 aliphatic rings. The van der Waals surface area contributed by atoms with Crippen molar-refractivity contribution in [3.05, 3.63) is 57.5 Å². The van der Waals surface area contributed by atoms with E-state index in [1.165, 1.54) is 0 Å². The summed E-state index contributed by atoms with van der Waals surface area (Å²) in [5.41, 5.74) is 1.18. The van der Waals surface area contributed by atoms with E-state index in [1.807, 2.05) is 6.92 Å². The molecular weight excluding hydrogens is 342 g/mol. The summed E-state index contributed by atoms with van der Waals surface area (Å²) in [4.78, 5) is 14.2. The number of carbonyl (C=O) groups is 1. The summed E-state index contributed by atoms with van der Waals surface area (Å²) in [5, 5.41) is 10.1. The number of rotatable bonds is 3. The van der Waals surface area contributed by atoms with Crippen LogP contribution in [-0.4, -0.2) is 17.6 Å². The lowest BCUT2D eigenvalue weighted by atomic mass is 10.1. The fourth-order valence-corrected chi connectivity index (χ4v) is 2.76. The Morgan fingerprint density at radius 1 is 1.30 bits per heavy atom. The number of aromatic hydroxyl groups is 1. The van der Waals surface area contributed by atoms with Gasteiger partial charge in [0.2, 0.25) is 0 Å². The molecule has 0 unspecified atom stereocenters. The van der Waals surface area contributed by atoms with Crippen molar-refractivity contribution in [1.29, 1.82) is 0 Å². The highest BCUT2D eigenvalue weighted by Gasteiger charge is 2.18. The minimum Gasteiger partial charge on any atom is -0.508 e. The van der Waals surface area contributed by atoms with E-state index in [9.17, 15) is 9.90 Å². The molecule has 5 heteroatoms. The summed E-state index contributed by atoms with van der Waals surface area (Å²) in [5.74, 6) is -0.0226. The van der Waals surface area contributed by atoms with Crippen LogP contribution in [0.1, 0.15) is 17.3 Å². The molecule has 0 saturated carbocycles. The monoisotopic (exact) mass is 353 g/mol. The number of amides is 1. The van der Waals surface area contributed by atoms with E-state index in [0.717, 1.165) is 0 Å². The normalized spacial score (nSPS) is 10.3. The fraction of sp³-hybridized carbons (Fsp3) is 0.133. The first-order valence-electron chi connectivity index (χ1n) is 6.09. The molecule has 0 radical (unpaired) electrons. The molecule has 20 heavy (non-hydrogen) atoms. The fourth-order valence-electron chi connectivity index (χ4n) is 1.91. The van der Waals surface area contributed by atoms with Gasteiger partial charge in [-0.15, -0.1) is 0 Å². The molecule has 1 amide bonds. The molecule has 0 aliphatic carbocycles. The van der Waals surface area contributed by atoms with Gasteiger partial charge in [0.15, 0.2) is 0 Å². The van der Waals surface area contributed by atoms with E-state index in [1.54, 1.807) is 47.4 Å². The molecule has 0 atom stereocenters. The summed E-state index contributed by atoms with van der Waals surface area (Å²) in [6.45, 7) is 2.38. The Bertz CT molecular complexity index is 646. The van der Waals surface area contributed by atoms with Gasteiger partial charge in [-0.3, -0.25) is 4.79 Å². The first kappa shape index (κ1) is 14.9. The molecule has 0 aliphatic heterocycles. The van der Waals surface area contributed by atoms with Crippen molar-refractivity contribution >= 4 is 39.1 Å². The lowest BCUT2D eigenvalue weighted by molar-refractivity contribution is 0.0987. The number of hydrogen-bond donors (Lipinski definition) is 1. The highest BCUT2D eigenvalue weighted by molar-refractivity contribution is 9.10. The SMILES string of the molecule is CCN(C(=O)c1ccc(Cl)cc1Br)c1cccc(O)c1. The predicted molar refractivity (Wildman–Crippen MR) is 84.6 cm³/mol. The first-order chi connectivity index (χ1) is 9.52. The Kier molecular flexibility index (Phi) is 4.68. The molecule has 0 saturated heterocycles. The van der Waals surface area contributed by atoms with Crippen LogP contribution in [0, 0.1) is 0 Å². The number of benzene rings is 2. The molecule has 1 N–H and O–H groups in total. The Balaban J connectivity index is 2.39. The van der Waals surface area contributed by atoms with Crippen molar-refractivity contribution in [2.75, 3.05) is 11.4 Å². The van der Waals surface area contributed by atoms with Crippen LogP contribution in [0.4, 0.5) is 5.69 Å². The van der Waals surface area contributed by atoms with Crippen molar-refractivity contribution in [3.8, 4) is 5.75 Å². The molecule has 0 heterocycles. The molecule has 0 bridgehead atoms. The first-order valence-corrected chi connectivity index (χ1v) is 7.26. The van der Waals surface area contributed by atoms with Crippen LogP contribution in [-0.2, 0) is 0 Å². The number of phenolic OH excluding ortho intramolecular Hbond substituents is 1. The van der Waals surface area contributed by atoms with E-state index < -0.39 is 0 Å². The van der Waals surface area contributed by atoms with Gasteiger partial charge in [0, 0.05) is 27.8 Å². The third-order valence-corrected chi connectivity index (χ3v) is 3.76. The van der Waals surface area contributed by atoms with Gasteiger partial charge in [0.1, 0.15) is 5.75 Å². The second-order valence-electron chi connectivity index (χ2n) is 4.19. The Morgan fingerprint density at radius 3 is 2.65 bits per heavy atom. The van der Waals surface area contributed by atoms with E-state index in [4.69, 9.17) is 11.6 Å². The minimum atomic E-state index is -0.151. The number of halogens is 2. The average Bonchev–Trinajstić information content (AvgIpc) is 2.39. The highest BCUT2D eigenvalue weighted by Crippen LogP contribution is 2.26. The average molecular weight is 355 g/mol. The summed E-state index contributed by atoms with van der Waals surface area (Å²) in [6, 6.07) is 11.7. The zero-order valence-corrected chi connectivity index (χ0v) is 13.1. The van der Waals surface area contributed by atoms with Gasteiger partial charge >= 0.3 is 0 Å². The van der Waals surface area contributed by atoms with E-state index in [2.05, 4.69) is 15.9 Å². The van der Waals surface area contributed by atoms with Gasteiger partial charge in [-0.05, 0) is 53.2 Å². The molecule has 3 nitrogen and oxygen atoms in total. The number of hydrogen-bond acceptors (Lipinski definition) is 2. The summed E-state index contributed by atoms with van der Waals surface area (Å²) in [7, 11) is 0. The van der Waals surface area contributed by atoms with Crippen LogP contribution in [0.15, 0.2) is 46.9 Å². The second-order valence-corrected chi connectivity index (χ2v) is 5.48. The van der Waals surface area contributed by atoms with Crippen molar-refractivity contribution in [3.63, 3.8) is 0 Å². The Labute approximate surface area is 130 Å². The standard InChI is InChI=1S/C15H13BrClNO2/c1-2-18(11-4-3-5-12(19)9-11)15(20)13-7-6-10(17)8-14(13)16/h3-9,19H,2H2,1H3. The lowest BCUT2D eigenvalue weighted by Gasteiger charge is -2.22. The number of phenols is 1. The second kappa shape index (κ2) is 6.29. The zero-order valence-electron chi connectivity index (χ0n) is 10.8. The third-order valence-electron chi connectivity index (χ3n) is 2.86. The van der Waals surface area contributed by atoms with Gasteiger partial charge in [-0.25, -0.2) is 0 Å². The lowest BCUT2D eigenvalue weighted by Crippen LogP contribution is -2.30. The molecule has 0 spiro atoms. The Hall–Kier alpha value is -1.52. The number of nitrogens with zero attached hydrogens (tertiary/aromatic N) is 1. The van der Waals surface area contributed by atoms with Gasteiger partial charge in [0.25, 0.3) is 5.91 Å². The van der Waals surface area contributed by atoms with Crippen molar-refractivity contribution in [2.24, 2.45) is 0 Å². The number of anilines is 1. The molecule has 0 fully saturated rings. The third kappa shape index (κ3) is 3.14. The summed E-state index contributed by atoms with van der Waals surface area (Å²) < 4.78 is 0.647. The molecule has 2 rings (SSSR count). The zero-order chi connectivity index (χ0) is 14.7. The maximum Gasteiger partial charge on any atom is 0.259 e. The maximum atomic E-state index is 12.6. The maximum absolute atomic E-state index is 12.6. The molecule has 104 valence electrons. The molecule has 2 aromatic carbocycles. The van der Waals surface area contributed by atoms with Gasteiger partial charge in [-0.2, -0.15) is 0 Å². The van der Waals surface area contributed by atoms with Crippen molar-refractivity contribution in [2.45, 2.75) is 6.92 Å². The quantitative estimate of drug-likeness (QED) is 0.883. The highest BCUT2D eigenvalue weighted by atomic mass is 79.9. The minimum absolute atomic E-state index is 0.129. The predicted octanol–water partition coefficient (Wildman–Crippen LogP) is 4.47. The van der Waals surface area contributed by atoms with Crippen LogP contribution < -0.4 is 4.90 Å². The van der Waals surface area contributed by atoms with Crippen LogP contribution in [0.5, 0.6) is 5.75 Å². The van der Waals surface area contributed by atoms with Crippen LogP contribution in [0.2, 0.25) is 5.02 Å². The summed E-state index contributed by atoms with van der Waals surface area (Å²) in [6.07, 6.45) is 0. The largest absolute Gasteiger partial charge is 0.508 e. The molecule has 0 aromatic heterocycles. The van der Waals surface area contributed by atoms with Gasteiger partial charge < -0.3 is 10.0 Å².